The van der Waals surface area contributed by atoms with Crippen molar-refractivity contribution in [2.45, 2.75) is 33.2 Å². The summed E-state index contributed by atoms with van der Waals surface area (Å²) < 4.78 is 10.8. The number of hydrogen-bond donors (Lipinski definition) is 1. The fourth-order valence-electron chi connectivity index (χ4n) is 1.63. The van der Waals surface area contributed by atoms with Gasteiger partial charge in [-0.15, -0.1) is 0 Å². The Morgan fingerprint density at radius 3 is 2.72 bits per heavy atom. The summed E-state index contributed by atoms with van der Waals surface area (Å²) in [6.07, 6.45) is 2.03. The summed E-state index contributed by atoms with van der Waals surface area (Å²) >= 11 is 0. The Morgan fingerprint density at radius 2 is 2.00 bits per heavy atom. The first-order valence-electron chi connectivity index (χ1n) is 6.57. The van der Waals surface area contributed by atoms with Crippen LogP contribution in [0.4, 0.5) is 0 Å². The maximum Gasteiger partial charge on any atom is 0.142 e. The summed E-state index contributed by atoms with van der Waals surface area (Å²) in [5, 5.41) is 3.28. The van der Waals surface area contributed by atoms with Crippen LogP contribution in [0.1, 0.15) is 31.2 Å². The number of aromatic nitrogens is 1. The Kier molecular flexibility index (Phi) is 7.37. The monoisotopic (exact) mass is 252 g/mol. The van der Waals surface area contributed by atoms with Gasteiger partial charge in [0.15, 0.2) is 0 Å². The van der Waals surface area contributed by atoms with E-state index in [0.29, 0.717) is 6.61 Å². The lowest BCUT2D eigenvalue weighted by molar-refractivity contribution is 0.184. The zero-order chi connectivity index (χ0) is 13.2. The van der Waals surface area contributed by atoms with Crippen molar-refractivity contribution < 1.29 is 9.47 Å². The van der Waals surface area contributed by atoms with Gasteiger partial charge >= 0.3 is 0 Å². The number of unbranched alkanes of at least 4 members (excludes halogenated alkanes) is 1. The highest BCUT2D eigenvalue weighted by Crippen LogP contribution is 2.17. The zero-order valence-electron chi connectivity index (χ0n) is 11.7. The molecule has 4 heteroatoms. The Morgan fingerprint density at radius 1 is 1.22 bits per heavy atom. The van der Waals surface area contributed by atoms with E-state index >= 15 is 0 Å². The fourth-order valence-corrected chi connectivity index (χ4v) is 1.63. The smallest absolute Gasteiger partial charge is 0.142 e. The molecule has 1 aromatic heterocycles. The summed E-state index contributed by atoms with van der Waals surface area (Å²) in [7, 11) is 1.72. The second kappa shape index (κ2) is 8.89. The topological polar surface area (TPSA) is 43.4 Å². The standard InChI is InChI=1S/C14H24N2O2/c1-4-15-11-13-14(8-7-12(2)16-13)18-10-6-5-9-17-3/h7-8,15H,4-6,9-11H2,1-3H3. The average molecular weight is 252 g/mol. The van der Waals surface area contributed by atoms with Crippen LogP contribution in [0.5, 0.6) is 5.75 Å². The van der Waals surface area contributed by atoms with Crippen molar-refractivity contribution in [2.24, 2.45) is 0 Å². The lowest BCUT2D eigenvalue weighted by Gasteiger charge is -2.11. The van der Waals surface area contributed by atoms with Gasteiger partial charge in [0.05, 0.1) is 12.3 Å². The first-order valence-corrected chi connectivity index (χ1v) is 6.57. The van der Waals surface area contributed by atoms with Crippen LogP contribution in [0.25, 0.3) is 0 Å². The minimum absolute atomic E-state index is 0.716. The van der Waals surface area contributed by atoms with Crippen LogP contribution in [0.2, 0.25) is 0 Å². The van der Waals surface area contributed by atoms with Crippen molar-refractivity contribution in [3.8, 4) is 5.75 Å². The number of hydrogen-bond acceptors (Lipinski definition) is 4. The van der Waals surface area contributed by atoms with Crippen LogP contribution in [0.3, 0.4) is 0 Å². The molecule has 0 aliphatic rings. The molecule has 0 aromatic carbocycles. The number of nitrogens with one attached hydrogen (secondary N) is 1. The van der Waals surface area contributed by atoms with Gasteiger partial charge in [0.25, 0.3) is 0 Å². The van der Waals surface area contributed by atoms with Gasteiger partial charge in [-0.3, -0.25) is 4.98 Å². The average Bonchev–Trinajstić information content (AvgIpc) is 2.38. The van der Waals surface area contributed by atoms with Crippen molar-refractivity contribution in [2.75, 3.05) is 26.9 Å². The highest BCUT2D eigenvalue weighted by atomic mass is 16.5. The first-order chi connectivity index (χ1) is 8.77. The minimum atomic E-state index is 0.716. The van der Waals surface area contributed by atoms with Gasteiger partial charge in [0.2, 0.25) is 0 Å². The SMILES string of the molecule is CCNCc1nc(C)ccc1OCCCCOC. The Labute approximate surface area is 110 Å². The molecular weight excluding hydrogens is 228 g/mol. The molecule has 1 aromatic rings. The zero-order valence-corrected chi connectivity index (χ0v) is 11.7. The van der Waals surface area contributed by atoms with Crippen molar-refractivity contribution in [1.82, 2.24) is 10.3 Å². The Balaban J connectivity index is 2.47. The lowest BCUT2D eigenvalue weighted by Crippen LogP contribution is -2.15. The van der Waals surface area contributed by atoms with Gasteiger partial charge in [0.1, 0.15) is 5.75 Å². The molecule has 1 heterocycles. The molecule has 1 rings (SSSR count). The third kappa shape index (κ3) is 5.47. The van der Waals surface area contributed by atoms with Crippen LogP contribution >= 0.6 is 0 Å². The second-order valence-electron chi connectivity index (χ2n) is 4.23. The highest BCUT2D eigenvalue weighted by Gasteiger charge is 2.05. The number of aryl methyl sites for hydroxylation is 1. The first kappa shape index (κ1) is 14.9. The van der Waals surface area contributed by atoms with Gasteiger partial charge in [-0.1, -0.05) is 6.92 Å². The molecule has 0 amide bonds. The molecule has 102 valence electrons. The third-order valence-electron chi connectivity index (χ3n) is 2.61. The number of nitrogens with zero attached hydrogens (tertiary/aromatic N) is 1. The highest BCUT2D eigenvalue weighted by molar-refractivity contribution is 5.29. The molecule has 0 aliphatic heterocycles. The number of pyridine rings is 1. The molecule has 4 nitrogen and oxygen atoms in total. The predicted molar refractivity (Wildman–Crippen MR) is 73.0 cm³/mol. The van der Waals surface area contributed by atoms with Crippen LogP contribution in [-0.2, 0) is 11.3 Å². The van der Waals surface area contributed by atoms with Crippen LogP contribution in [-0.4, -0.2) is 31.9 Å². The quantitative estimate of drug-likeness (QED) is 0.685. The van der Waals surface area contributed by atoms with E-state index in [-0.39, 0.29) is 0 Å². The van der Waals surface area contributed by atoms with Gasteiger partial charge in [-0.05, 0) is 38.4 Å². The summed E-state index contributed by atoms with van der Waals surface area (Å²) in [6.45, 7) is 7.28. The molecule has 0 bridgehead atoms. The summed E-state index contributed by atoms with van der Waals surface area (Å²) in [4.78, 5) is 4.51. The van der Waals surface area contributed by atoms with Crippen molar-refractivity contribution >= 4 is 0 Å². The van der Waals surface area contributed by atoms with Gasteiger partial charge in [-0.25, -0.2) is 0 Å². The number of ether oxygens (including phenoxy) is 2. The molecule has 0 aliphatic carbocycles. The predicted octanol–water partition coefficient (Wildman–Crippen LogP) is 2.30. The Bertz CT molecular complexity index is 343. The molecule has 0 fully saturated rings. The molecule has 0 unspecified atom stereocenters. The van der Waals surface area contributed by atoms with Crippen molar-refractivity contribution in [1.29, 1.82) is 0 Å². The van der Waals surface area contributed by atoms with Gasteiger partial charge in [0, 0.05) is 26.0 Å². The van der Waals surface area contributed by atoms with E-state index in [1.165, 1.54) is 0 Å². The fraction of sp³-hybridized carbons (Fsp3) is 0.643. The normalized spacial score (nSPS) is 10.6. The molecule has 1 N–H and O–H groups in total. The van der Waals surface area contributed by atoms with Crippen molar-refractivity contribution in [3.05, 3.63) is 23.5 Å². The Hall–Kier alpha value is -1.13. The molecule has 18 heavy (non-hydrogen) atoms. The van der Waals surface area contributed by atoms with Crippen LogP contribution < -0.4 is 10.1 Å². The van der Waals surface area contributed by atoms with E-state index in [2.05, 4.69) is 17.2 Å². The maximum atomic E-state index is 5.78. The van der Waals surface area contributed by atoms with Crippen LogP contribution in [0, 0.1) is 6.92 Å². The van der Waals surface area contributed by atoms with Crippen molar-refractivity contribution in [3.63, 3.8) is 0 Å². The molecular formula is C14H24N2O2. The van der Waals surface area contributed by atoms with E-state index in [4.69, 9.17) is 9.47 Å². The van der Waals surface area contributed by atoms with Crippen LogP contribution in [0.15, 0.2) is 12.1 Å². The maximum absolute atomic E-state index is 5.78. The molecule has 0 spiro atoms. The number of rotatable bonds is 9. The molecule has 0 atom stereocenters. The summed E-state index contributed by atoms with van der Waals surface area (Å²) in [5.74, 6) is 0.888. The third-order valence-corrected chi connectivity index (χ3v) is 2.61. The van der Waals surface area contributed by atoms with E-state index in [1.54, 1.807) is 7.11 Å². The largest absolute Gasteiger partial charge is 0.492 e. The minimum Gasteiger partial charge on any atom is -0.492 e. The van der Waals surface area contributed by atoms with E-state index in [0.717, 1.165) is 49.7 Å². The molecule has 0 saturated carbocycles. The summed E-state index contributed by atoms with van der Waals surface area (Å²) in [6, 6.07) is 3.99. The van der Waals surface area contributed by atoms with Gasteiger partial charge in [-0.2, -0.15) is 0 Å². The lowest BCUT2D eigenvalue weighted by atomic mass is 10.2. The van der Waals surface area contributed by atoms with E-state index < -0.39 is 0 Å². The molecule has 0 radical (unpaired) electrons. The summed E-state index contributed by atoms with van der Waals surface area (Å²) in [5.41, 5.74) is 2.01. The number of methoxy groups -OCH3 is 1. The second-order valence-corrected chi connectivity index (χ2v) is 4.23. The van der Waals surface area contributed by atoms with Gasteiger partial charge < -0.3 is 14.8 Å². The molecule has 0 saturated heterocycles. The van der Waals surface area contributed by atoms with E-state index in [9.17, 15) is 0 Å². The van der Waals surface area contributed by atoms with E-state index in [1.807, 2.05) is 19.1 Å².